The number of anilines is 1. The summed E-state index contributed by atoms with van der Waals surface area (Å²) in [6.07, 6.45) is 2.08. The maximum absolute atomic E-state index is 13.6. The van der Waals surface area contributed by atoms with Gasteiger partial charge in [-0.05, 0) is 54.3 Å². The Hall–Kier alpha value is -3.47. The number of aryl methyl sites for hydroxylation is 1. The summed E-state index contributed by atoms with van der Waals surface area (Å²) in [5.74, 6) is 0.729. The zero-order valence-corrected chi connectivity index (χ0v) is 15.8. The van der Waals surface area contributed by atoms with Gasteiger partial charge in [0.15, 0.2) is 0 Å². The first kappa shape index (κ1) is 17.6. The van der Waals surface area contributed by atoms with Gasteiger partial charge in [-0.25, -0.2) is 4.39 Å². The molecule has 29 heavy (non-hydrogen) atoms. The Kier molecular flexibility index (Phi) is 4.56. The molecule has 0 spiro atoms. The lowest BCUT2D eigenvalue weighted by atomic mass is 9.97. The number of rotatable bonds is 4. The van der Waals surface area contributed by atoms with E-state index in [0.717, 1.165) is 36.2 Å². The van der Waals surface area contributed by atoms with Crippen molar-refractivity contribution in [3.05, 3.63) is 102 Å². The van der Waals surface area contributed by atoms with E-state index < -0.39 is 0 Å². The first-order valence-corrected chi connectivity index (χ1v) is 9.78. The first-order valence-electron chi connectivity index (χ1n) is 9.78. The van der Waals surface area contributed by atoms with Crippen molar-refractivity contribution in [2.75, 3.05) is 11.4 Å². The molecule has 0 aliphatic carbocycles. The molecule has 0 saturated heterocycles. The molecule has 0 saturated carbocycles. The second-order valence-electron chi connectivity index (χ2n) is 7.19. The molecule has 0 radical (unpaired) electrons. The molecule has 1 aliphatic heterocycles. The molecule has 1 aromatic heterocycles. The average molecular weight is 385 g/mol. The van der Waals surface area contributed by atoms with Gasteiger partial charge in [0.1, 0.15) is 11.9 Å². The number of aromatic nitrogens is 2. The molecule has 0 N–H and O–H groups in total. The molecule has 1 aliphatic rings. The van der Waals surface area contributed by atoms with Gasteiger partial charge in [-0.2, -0.15) is 0 Å². The highest BCUT2D eigenvalue weighted by Gasteiger charge is 2.31. The quantitative estimate of drug-likeness (QED) is 0.471. The maximum Gasteiger partial charge on any atom is 0.247 e. The van der Waals surface area contributed by atoms with Crippen LogP contribution in [-0.2, 0) is 6.42 Å². The minimum atomic E-state index is -0.276. The summed E-state index contributed by atoms with van der Waals surface area (Å²) < 4.78 is 19.7. The topological polar surface area (TPSA) is 42.2 Å². The van der Waals surface area contributed by atoms with E-state index in [9.17, 15) is 4.39 Å². The molecule has 1 atom stereocenters. The van der Waals surface area contributed by atoms with Gasteiger partial charge in [-0.1, -0.05) is 48.5 Å². The molecule has 144 valence electrons. The second-order valence-corrected chi connectivity index (χ2v) is 7.19. The van der Waals surface area contributed by atoms with Crippen LogP contribution in [0.2, 0.25) is 0 Å². The molecular formula is C24H20FN3O. The normalized spacial score (nSPS) is 14.4. The van der Waals surface area contributed by atoms with Crippen LogP contribution in [0.3, 0.4) is 0 Å². The van der Waals surface area contributed by atoms with Crippen molar-refractivity contribution < 1.29 is 8.81 Å². The Bertz CT molecular complexity index is 1110. The lowest BCUT2D eigenvalue weighted by molar-refractivity contribution is 0.461. The highest BCUT2D eigenvalue weighted by Crippen LogP contribution is 2.38. The third-order valence-corrected chi connectivity index (χ3v) is 5.34. The Morgan fingerprint density at radius 2 is 1.62 bits per heavy atom. The van der Waals surface area contributed by atoms with E-state index in [1.54, 1.807) is 12.1 Å². The molecule has 5 heteroatoms. The van der Waals surface area contributed by atoms with Gasteiger partial charge in [0, 0.05) is 17.8 Å². The van der Waals surface area contributed by atoms with E-state index in [1.807, 2.05) is 36.4 Å². The number of hydrogen-bond donors (Lipinski definition) is 0. The van der Waals surface area contributed by atoms with Crippen LogP contribution in [0.1, 0.15) is 29.5 Å². The van der Waals surface area contributed by atoms with Crippen LogP contribution in [0.15, 0.2) is 83.3 Å². The fourth-order valence-corrected chi connectivity index (χ4v) is 3.97. The Balaban J connectivity index is 1.61. The number of para-hydroxylation sites is 1. The maximum atomic E-state index is 13.6. The van der Waals surface area contributed by atoms with Crippen LogP contribution < -0.4 is 4.90 Å². The van der Waals surface area contributed by atoms with Crippen molar-refractivity contribution in [1.82, 2.24) is 10.2 Å². The smallest absolute Gasteiger partial charge is 0.247 e. The summed E-state index contributed by atoms with van der Waals surface area (Å²) in [4.78, 5) is 2.29. The van der Waals surface area contributed by atoms with Crippen LogP contribution in [0.4, 0.5) is 10.1 Å². The standard InChI is InChI=1S/C24H20FN3O/c25-20-14-12-18(13-15-20)22(28-16-6-10-17-7-4-5-11-21(17)28)24-27-26-23(29-24)19-8-2-1-3-9-19/h1-5,7-9,11-15,22H,6,10,16H2/t22-/m1/s1. The molecule has 0 bridgehead atoms. The highest BCUT2D eigenvalue weighted by molar-refractivity contribution is 5.58. The van der Waals surface area contributed by atoms with E-state index >= 15 is 0 Å². The molecule has 3 aromatic carbocycles. The molecule has 2 heterocycles. The molecule has 0 unspecified atom stereocenters. The van der Waals surface area contributed by atoms with Gasteiger partial charge in [0.25, 0.3) is 0 Å². The molecule has 0 fully saturated rings. The number of benzene rings is 3. The Labute approximate surface area is 168 Å². The summed E-state index contributed by atoms with van der Waals surface area (Å²) in [5.41, 5.74) is 4.26. The lowest BCUT2D eigenvalue weighted by Gasteiger charge is -2.36. The van der Waals surface area contributed by atoms with Gasteiger partial charge >= 0.3 is 0 Å². The lowest BCUT2D eigenvalue weighted by Crippen LogP contribution is -2.34. The number of hydrogen-bond acceptors (Lipinski definition) is 4. The van der Waals surface area contributed by atoms with E-state index in [-0.39, 0.29) is 11.9 Å². The summed E-state index contributed by atoms with van der Waals surface area (Å²) >= 11 is 0. The fraction of sp³-hybridized carbons (Fsp3) is 0.167. The third kappa shape index (κ3) is 3.40. The first-order chi connectivity index (χ1) is 14.3. The largest absolute Gasteiger partial charge is 0.418 e. The summed E-state index contributed by atoms with van der Waals surface area (Å²) in [6.45, 7) is 0.863. The third-order valence-electron chi connectivity index (χ3n) is 5.34. The Morgan fingerprint density at radius 3 is 2.45 bits per heavy atom. The van der Waals surface area contributed by atoms with Gasteiger partial charge in [-0.3, -0.25) is 0 Å². The molecule has 5 rings (SSSR count). The van der Waals surface area contributed by atoms with Gasteiger partial charge in [-0.15, -0.1) is 10.2 Å². The molecular weight excluding hydrogens is 365 g/mol. The van der Waals surface area contributed by atoms with Crippen LogP contribution >= 0.6 is 0 Å². The summed E-state index contributed by atoms with van der Waals surface area (Å²) in [5, 5.41) is 8.67. The average Bonchev–Trinajstić information content (AvgIpc) is 3.26. The predicted octanol–water partition coefficient (Wildman–Crippen LogP) is 5.42. The van der Waals surface area contributed by atoms with Crippen LogP contribution in [0.25, 0.3) is 11.5 Å². The van der Waals surface area contributed by atoms with E-state index in [2.05, 4.69) is 33.3 Å². The number of halogens is 1. The van der Waals surface area contributed by atoms with Crippen LogP contribution in [-0.4, -0.2) is 16.7 Å². The van der Waals surface area contributed by atoms with Crippen molar-refractivity contribution in [3.8, 4) is 11.5 Å². The van der Waals surface area contributed by atoms with E-state index in [1.165, 1.54) is 17.7 Å². The van der Waals surface area contributed by atoms with Gasteiger partial charge < -0.3 is 9.32 Å². The molecule has 0 amide bonds. The number of fused-ring (bicyclic) bond motifs is 1. The van der Waals surface area contributed by atoms with Crippen LogP contribution in [0.5, 0.6) is 0 Å². The summed E-state index contributed by atoms with van der Waals surface area (Å²) in [7, 11) is 0. The van der Waals surface area contributed by atoms with E-state index in [0.29, 0.717) is 11.8 Å². The van der Waals surface area contributed by atoms with Crippen molar-refractivity contribution in [2.24, 2.45) is 0 Å². The van der Waals surface area contributed by atoms with Crippen LogP contribution in [0, 0.1) is 5.82 Å². The molecule has 4 nitrogen and oxygen atoms in total. The zero-order valence-electron chi connectivity index (χ0n) is 15.8. The Morgan fingerprint density at radius 1 is 0.862 bits per heavy atom. The monoisotopic (exact) mass is 385 g/mol. The van der Waals surface area contributed by atoms with Gasteiger partial charge in [0.2, 0.25) is 11.8 Å². The highest BCUT2D eigenvalue weighted by atomic mass is 19.1. The van der Waals surface area contributed by atoms with E-state index in [4.69, 9.17) is 4.42 Å². The predicted molar refractivity (Wildman–Crippen MR) is 110 cm³/mol. The van der Waals surface area contributed by atoms with Crippen molar-refractivity contribution in [3.63, 3.8) is 0 Å². The zero-order chi connectivity index (χ0) is 19.6. The summed E-state index contributed by atoms with van der Waals surface area (Å²) in [6, 6.07) is 24.4. The van der Waals surface area contributed by atoms with Gasteiger partial charge in [0.05, 0.1) is 0 Å². The second kappa shape index (κ2) is 7.51. The SMILES string of the molecule is Fc1ccc([C@H](c2nnc(-c3ccccc3)o2)N2CCCc3ccccc32)cc1. The van der Waals surface area contributed by atoms with Crippen molar-refractivity contribution in [1.29, 1.82) is 0 Å². The minimum absolute atomic E-state index is 0.262. The van der Waals surface area contributed by atoms with Crippen molar-refractivity contribution >= 4 is 5.69 Å². The molecule has 4 aromatic rings. The number of nitrogens with zero attached hydrogens (tertiary/aromatic N) is 3. The van der Waals surface area contributed by atoms with Crippen molar-refractivity contribution in [2.45, 2.75) is 18.9 Å². The fourth-order valence-electron chi connectivity index (χ4n) is 3.97. The minimum Gasteiger partial charge on any atom is -0.418 e.